The van der Waals surface area contributed by atoms with Gasteiger partial charge in [0.15, 0.2) is 0 Å². The van der Waals surface area contributed by atoms with Crippen LogP contribution < -0.4 is 0 Å². The molecule has 0 radical (unpaired) electrons. The van der Waals surface area contributed by atoms with E-state index < -0.39 is 23.3 Å². The Labute approximate surface area is 527 Å². The number of aryl methyl sites for hydroxylation is 7. The number of rotatable bonds is 8. The fraction of sp³-hybridized carbons (Fsp3) is 0.0976. The molecule has 6 nitrogen and oxygen atoms in total. The summed E-state index contributed by atoms with van der Waals surface area (Å²) in [7, 11) is 0. The molecule has 92 heavy (non-hydrogen) atoms. The Balaban J connectivity index is 0.874. The first kappa shape index (κ1) is 55.8. The van der Waals surface area contributed by atoms with Gasteiger partial charge in [0.25, 0.3) is 0 Å². The van der Waals surface area contributed by atoms with Crippen molar-refractivity contribution in [2.45, 2.75) is 54.9 Å². The SMILES string of the molecule is Cc1ccc2c(c1)c1cc(C)ccc1n2-c1cc(-c2c(F)cccc2F)c(C#N)cc1-n1c2ccc(C)cc2c2cc(Cc3cc(F)c(-c4cc(-n5c6cc(C)ccc6c6ccc(C)cc65)c(-n5c6cc(C)ccc6c6ccc(C)cc65)cc4C#N)c(F)c3)ccc21. The van der Waals surface area contributed by atoms with Crippen LogP contribution >= 0.6 is 0 Å². The Hall–Kier alpha value is -11.5. The molecule has 0 spiro atoms. The van der Waals surface area contributed by atoms with Crippen LogP contribution in [0, 0.1) is 94.4 Å². The Morgan fingerprint density at radius 1 is 0.283 bits per heavy atom. The van der Waals surface area contributed by atoms with Crippen molar-refractivity contribution in [3.05, 3.63) is 285 Å². The number of nitriles is 2. The largest absolute Gasteiger partial charge is 0.307 e. The van der Waals surface area contributed by atoms with Crippen LogP contribution in [0.15, 0.2) is 200 Å². The second-order valence-electron chi connectivity index (χ2n) is 25.0. The third kappa shape index (κ3) is 8.58. The van der Waals surface area contributed by atoms with E-state index in [0.29, 0.717) is 28.3 Å². The topological polar surface area (TPSA) is 67.3 Å². The van der Waals surface area contributed by atoms with Crippen molar-refractivity contribution in [3.63, 3.8) is 0 Å². The van der Waals surface area contributed by atoms with Crippen LogP contribution in [0.5, 0.6) is 0 Å². The van der Waals surface area contributed by atoms with E-state index in [2.05, 4.69) is 161 Å². The van der Waals surface area contributed by atoms with Gasteiger partial charge in [0.1, 0.15) is 23.3 Å². The van der Waals surface area contributed by atoms with E-state index in [-0.39, 0.29) is 39.8 Å². The molecule has 0 aliphatic heterocycles. The molecular formula is C82H56F4N6. The number of hydrogen-bond donors (Lipinski definition) is 0. The van der Waals surface area contributed by atoms with Crippen LogP contribution in [0.4, 0.5) is 17.6 Å². The zero-order valence-corrected chi connectivity index (χ0v) is 51.5. The molecule has 0 aliphatic carbocycles. The molecule has 0 fully saturated rings. The van der Waals surface area contributed by atoms with Crippen molar-refractivity contribution in [2.75, 3.05) is 0 Å². The summed E-state index contributed by atoms with van der Waals surface area (Å²) >= 11 is 0. The lowest BCUT2D eigenvalue weighted by atomic mass is 9.94. The molecule has 0 bridgehead atoms. The monoisotopic (exact) mass is 1200 g/mol. The fourth-order valence-electron chi connectivity index (χ4n) is 14.5. The maximum absolute atomic E-state index is 17.7. The van der Waals surface area contributed by atoms with Gasteiger partial charge in [0.05, 0.1) is 101 Å². The summed E-state index contributed by atoms with van der Waals surface area (Å²) < 4.78 is 76.0. The second-order valence-corrected chi connectivity index (χ2v) is 25.0. The van der Waals surface area contributed by atoms with Crippen LogP contribution in [0.2, 0.25) is 0 Å². The predicted molar refractivity (Wildman–Crippen MR) is 366 cm³/mol. The molecule has 0 unspecified atom stereocenters. The lowest BCUT2D eigenvalue weighted by Gasteiger charge is -2.20. The lowest BCUT2D eigenvalue weighted by Crippen LogP contribution is -2.07. The molecule has 0 amide bonds. The van der Waals surface area contributed by atoms with Crippen molar-refractivity contribution in [1.29, 1.82) is 10.5 Å². The highest BCUT2D eigenvalue weighted by Gasteiger charge is 2.28. The van der Waals surface area contributed by atoms with E-state index in [1.807, 2.05) is 63.2 Å². The summed E-state index contributed by atoms with van der Waals surface area (Å²) in [5.74, 6) is -3.20. The summed E-state index contributed by atoms with van der Waals surface area (Å²) in [6.45, 7) is 14.3. The zero-order chi connectivity index (χ0) is 63.3. The van der Waals surface area contributed by atoms with Gasteiger partial charge < -0.3 is 18.3 Å². The van der Waals surface area contributed by atoms with E-state index in [1.165, 1.54) is 30.3 Å². The summed E-state index contributed by atoms with van der Waals surface area (Å²) in [4.78, 5) is 0. The summed E-state index contributed by atoms with van der Waals surface area (Å²) in [6, 6.07) is 68.3. The van der Waals surface area contributed by atoms with Crippen molar-refractivity contribution < 1.29 is 17.6 Å². The van der Waals surface area contributed by atoms with Gasteiger partial charge in [-0.15, -0.1) is 0 Å². The van der Waals surface area contributed by atoms with Crippen LogP contribution in [-0.4, -0.2) is 18.3 Å². The number of halogens is 4. The highest BCUT2D eigenvalue weighted by atomic mass is 19.1. The van der Waals surface area contributed by atoms with Crippen LogP contribution in [0.1, 0.15) is 61.2 Å². The summed E-state index contributed by atoms with van der Waals surface area (Å²) in [5.41, 5.74) is 17.8. The van der Waals surface area contributed by atoms with Crippen molar-refractivity contribution in [2.24, 2.45) is 0 Å². The molecule has 0 atom stereocenters. The smallest absolute Gasteiger partial charge is 0.134 e. The van der Waals surface area contributed by atoms with Gasteiger partial charge in [0, 0.05) is 54.2 Å². The molecule has 4 heterocycles. The molecule has 0 saturated heterocycles. The maximum atomic E-state index is 17.7. The molecule has 16 rings (SSSR count). The molecule has 0 aliphatic rings. The van der Waals surface area contributed by atoms with Gasteiger partial charge in [-0.3, -0.25) is 0 Å². The number of nitrogens with zero attached hydrogens (tertiary/aromatic N) is 6. The quantitative estimate of drug-likeness (QED) is 0.142. The standard InChI is InChI=1S/C82H56F4N6/c1-44-15-23-69-61(27-44)62-28-45(2)16-24-70(62)90(69)79-40-59(81-65(83)9-8-10-66(81)84)53(42-87)38-77(79)89-71-25-17-46(3)29-63(71)64-35-51(18-26-72(64)89)34-52-36-67(85)82(68(86)37-52)60-41-80(92-75-32-49(6)13-21-57(75)58-22-14-50(7)33-76(58)92)78(39-54(60)43-88)91-73-30-47(4)11-19-55(73)56-20-12-48(5)31-74(56)91/h8-33,35-41H,34H2,1-7H3. The normalized spacial score (nSPS) is 11.9. The average molecular weight is 1200 g/mol. The average Bonchev–Trinajstić information content (AvgIpc) is 1.54. The third-order valence-corrected chi connectivity index (χ3v) is 18.7. The van der Waals surface area contributed by atoms with Gasteiger partial charge in [-0.1, -0.05) is 95.6 Å². The highest BCUT2D eigenvalue weighted by Crippen LogP contribution is 2.46. The van der Waals surface area contributed by atoms with Crippen LogP contribution in [0.3, 0.4) is 0 Å². The van der Waals surface area contributed by atoms with E-state index in [1.54, 1.807) is 24.3 Å². The van der Waals surface area contributed by atoms with Gasteiger partial charge in [-0.05, 0) is 210 Å². The Morgan fingerprint density at radius 3 is 0.957 bits per heavy atom. The van der Waals surface area contributed by atoms with Crippen molar-refractivity contribution in [3.8, 4) is 57.1 Å². The molecule has 0 saturated carbocycles. The summed E-state index contributed by atoms with van der Waals surface area (Å²) in [6.07, 6.45) is 0.150. The molecule has 442 valence electrons. The first-order valence-electron chi connectivity index (χ1n) is 30.7. The first-order chi connectivity index (χ1) is 44.5. The minimum atomic E-state index is -0.810. The highest BCUT2D eigenvalue weighted by molar-refractivity contribution is 6.14. The van der Waals surface area contributed by atoms with E-state index in [4.69, 9.17) is 0 Å². The third-order valence-electron chi connectivity index (χ3n) is 18.7. The minimum absolute atomic E-state index is 0.0747. The van der Waals surface area contributed by atoms with Crippen LogP contribution in [-0.2, 0) is 6.42 Å². The van der Waals surface area contributed by atoms with Gasteiger partial charge in [-0.2, -0.15) is 10.5 Å². The molecular weight excluding hydrogens is 1140 g/mol. The molecule has 4 aromatic heterocycles. The molecule has 16 aromatic rings. The number of fused-ring (bicyclic) bond motifs is 12. The van der Waals surface area contributed by atoms with E-state index >= 15 is 17.6 Å². The number of benzene rings is 12. The number of aromatic nitrogens is 4. The zero-order valence-electron chi connectivity index (χ0n) is 51.5. The van der Waals surface area contributed by atoms with Gasteiger partial charge >= 0.3 is 0 Å². The molecule has 10 heteroatoms. The first-order valence-corrected chi connectivity index (χ1v) is 30.7. The van der Waals surface area contributed by atoms with Gasteiger partial charge in [0.2, 0.25) is 0 Å². The van der Waals surface area contributed by atoms with Gasteiger partial charge in [-0.25, -0.2) is 17.6 Å². The minimum Gasteiger partial charge on any atom is -0.307 e. The Morgan fingerprint density at radius 2 is 0.587 bits per heavy atom. The molecule has 12 aromatic carbocycles. The molecule has 0 N–H and O–H groups in total. The fourth-order valence-corrected chi connectivity index (χ4v) is 14.5. The summed E-state index contributed by atoms with van der Waals surface area (Å²) in [5, 5.41) is 30.1. The Bertz CT molecular complexity index is 5810. The second kappa shape index (κ2) is 20.8. The lowest BCUT2D eigenvalue weighted by molar-refractivity contribution is 0.586. The van der Waals surface area contributed by atoms with E-state index in [0.717, 1.165) is 132 Å². The predicted octanol–water partition coefficient (Wildman–Crippen LogP) is 21.5. The van der Waals surface area contributed by atoms with Crippen molar-refractivity contribution in [1.82, 2.24) is 18.3 Å². The Kier molecular flexibility index (Phi) is 12.6. The van der Waals surface area contributed by atoms with Crippen molar-refractivity contribution >= 4 is 87.2 Å². The van der Waals surface area contributed by atoms with Crippen LogP contribution in [0.25, 0.3) is 132 Å². The number of hydrogen-bond acceptors (Lipinski definition) is 2. The van der Waals surface area contributed by atoms with E-state index in [9.17, 15) is 10.5 Å². The maximum Gasteiger partial charge on any atom is 0.134 e.